The fourth-order valence-electron chi connectivity index (χ4n) is 3.47. The molecule has 0 spiro atoms. The summed E-state index contributed by atoms with van der Waals surface area (Å²) >= 11 is 0. The summed E-state index contributed by atoms with van der Waals surface area (Å²) < 4.78 is 0. The summed E-state index contributed by atoms with van der Waals surface area (Å²) in [5.74, 6) is -5.15. The molecule has 0 aliphatic carbocycles. The highest BCUT2D eigenvalue weighted by molar-refractivity contribution is 5.94. The second-order valence-corrected chi connectivity index (χ2v) is 8.88. The minimum Gasteiger partial charge on any atom is -0.508 e. The van der Waals surface area contributed by atoms with Gasteiger partial charge in [-0.15, -0.1) is 0 Å². The zero-order chi connectivity index (χ0) is 28.8. The predicted octanol–water partition coefficient (Wildman–Crippen LogP) is -1.82. The van der Waals surface area contributed by atoms with Crippen LogP contribution in [0.2, 0.25) is 0 Å². The molecular formula is C24H37N5O9. The maximum Gasteiger partial charge on any atom is 0.328 e. The number of unbranched alkanes of at least 4 members (excludes halogenated alkanes) is 1. The van der Waals surface area contributed by atoms with Gasteiger partial charge in [-0.1, -0.05) is 12.1 Å². The number of benzene rings is 1. The number of aliphatic hydroxyl groups excluding tert-OH is 1. The molecule has 1 aromatic carbocycles. The van der Waals surface area contributed by atoms with Crippen LogP contribution in [0.3, 0.4) is 0 Å². The van der Waals surface area contributed by atoms with Crippen LogP contribution in [0, 0.1) is 0 Å². The number of phenolic OH excluding ortho intramolecular Hbond substituents is 1. The van der Waals surface area contributed by atoms with Crippen LogP contribution in [0.5, 0.6) is 5.75 Å². The number of hydrogen-bond acceptors (Lipinski definition) is 9. The largest absolute Gasteiger partial charge is 0.508 e. The van der Waals surface area contributed by atoms with Crippen LogP contribution in [0.4, 0.5) is 0 Å². The molecule has 5 unspecified atom stereocenters. The van der Waals surface area contributed by atoms with Gasteiger partial charge in [-0.25, -0.2) is 4.79 Å². The number of carboxylic acids is 2. The highest BCUT2D eigenvalue weighted by atomic mass is 16.4. The van der Waals surface area contributed by atoms with E-state index in [4.69, 9.17) is 16.6 Å². The van der Waals surface area contributed by atoms with Crippen LogP contribution >= 0.6 is 0 Å². The van der Waals surface area contributed by atoms with Crippen LogP contribution in [-0.2, 0) is 30.4 Å². The lowest BCUT2D eigenvalue weighted by molar-refractivity contribution is -0.145. The number of aromatic hydroxyl groups is 1. The van der Waals surface area contributed by atoms with Crippen molar-refractivity contribution in [3.63, 3.8) is 0 Å². The van der Waals surface area contributed by atoms with Gasteiger partial charge in [0.15, 0.2) is 6.04 Å². The van der Waals surface area contributed by atoms with Crippen molar-refractivity contribution in [1.29, 1.82) is 0 Å². The number of aliphatic hydroxyl groups is 1. The highest BCUT2D eigenvalue weighted by Gasteiger charge is 2.32. The zero-order valence-corrected chi connectivity index (χ0v) is 21.1. The summed E-state index contributed by atoms with van der Waals surface area (Å²) in [5, 5.41) is 44.4. The van der Waals surface area contributed by atoms with E-state index in [0.717, 1.165) is 0 Å². The average Bonchev–Trinajstić information content (AvgIpc) is 2.84. The first-order chi connectivity index (χ1) is 17.8. The topological polar surface area (TPSA) is 254 Å². The highest BCUT2D eigenvalue weighted by Crippen LogP contribution is 2.11. The number of carbonyl (C=O) groups is 5. The van der Waals surface area contributed by atoms with Crippen molar-refractivity contribution < 1.29 is 44.4 Å². The number of aliphatic carboxylic acids is 2. The third kappa shape index (κ3) is 11.5. The smallest absolute Gasteiger partial charge is 0.328 e. The number of carbonyl (C=O) groups excluding carboxylic acids is 3. The van der Waals surface area contributed by atoms with Gasteiger partial charge in [0.2, 0.25) is 17.7 Å². The van der Waals surface area contributed by atoms with E-state index in [9.17, 15) is 39.3 Å². The van der Waals surface area contributed by atoms with Gasteiger partial charge in [-0.3, -0.25) is 19.2 Å². The van der Waals surface area contributed by atoms with Gasteiger partial charge in [0.1, 0.15) is 17.8 Å². The Balaban J connectivity index is 3.00. The maximum absolute atomic E-state index is 13.1. The van der Waals surface area contributed by atoms with Crippen LogP contribution in [0.25, 0.3) is 0 Å². The molecule has 212 valence electrons. The fourth-order valence-corrected chi connectivity index (χ4v) is 3.47. The number of amides is 3. The lowest BCUT2D eigenvalue weighted by atomic mass is 10.0. The number of carboxylic acid groups (broad SMARTS) is 2. The van der Waals surface area contributed by atoms with Gasteiger partial charge < -0.3 is 47.8 Å². The maximum atomic E-state index is 13.1. The van der Waals surface area contributed by atoms with Crippen molar-refractivity contribution in [1.82, 2.24) is 16.0 Å². The van der Waals surface area contributed by atoms with E-state index in [2.05, 4.69) is 16.0 Å². The first-order valence-electron chi connectivity index (χ1n) is 12.1. The zero-order valence-electron chi connectivity index (χ0n) is 21.1. The standard InChI is InChI=1S/C24H37N5O9/c1-13(30)20(24(37)38)29-23(36)17(4-2-3-11-25)28-22(35)18(9-10-19(32)33)27-21(34)16(26)12-14-5-7-15(31)8-6-14/h5-8,13,16-18,20,30-31H,2-4,9-12,25-26H2,1H3,(H,27,34)(H,28,35)(H,29,36)(H,32,33)(H,37,38). The van der Waals surface area contributed by atoms with E-state index in [1.807, 2.05) is 0 Å². The van der Waals surface area contributed by atoms with E-state index >= 15 is 0 Å². The summed E-state index contributed by atoms with van der Waals surface area (Å²) in [6, 6.07) is 0.642. The molecule has 0 saturated carbocycles. The summed E-state index contributed by atoms with van der Waals surface area (Å²) in [5.41, 5.74) is 12.1. The van der Waals surface area contributed by atoms with Crippen LogP contribution in [-0.4, -0.2) is 86.9 Å². The van der Waals surface area contributed by atoms with Crippen molar-refractivity contribution in [2.45, 2.75) is 75.7 Å². The van der Waals surface area contributed by atoms with Crippen molar-refractivity contribution in [3.8, 4) is 5.75 Å². The Morgan fingerprint density at radius 2 is 1.42 bits per heavy atom. The number of rotatable bonds is 17. The van der Waals surface area contributed by atoms with E-state index in [1.165, 1.54) is 19.1 Å². The molecule has 14 nitrogen and oxygen atoms in total. The average molecular weight is 540 g/mol. The van der Waals surface area contributed by atoms with Gasteiger partial charge in [0, 0.05) is 6.42 Å². The van der Waals surface area contributed by atoms with Gasteiger partial charge in [-0.2, -0.15) is 0 Å². The molecule has 0 aliphatic rings. The monoisotopic (exact) mass is 539 g/mol. The quantitative estimate of drug-likeness (QED) is 0.0995. The van der Waals surface area contributed by atoms with Crippen molar-refractivity contribution in [2.75, 3.05) is 6.54 Å². The Morgan fingerprint density at radius 1 is 0.868 bits per heavy atom. The molecule has 3 amide bonds. The van der Waals surface area contributed by atoms with Crippen molar-refractivity contribution in [2.24, 2.45) is 11.5 Å². The molecule has 0 bridgehead atoms. The van der Waals surface area contributed by atoms with Gasteiger partial charge in [0.25, 0.3) is 0 Å². The molecule has 0 aliphatic heterocycles. The SMILES string of the molecule is CC(O)C(NC(=O)C(CCCCN)NC(=O)C(CCC(=O)O)NC(=O)C(N)Cc1ccc(O)cc1)C(=O)O. The van der Waals surface area contributed by atoms with Gasteiger partial charge >= 0.3 is 11.9 Å². The predicted molar refractivity (Wildman–Crippen MR) is 135 cm³/mol. The lowest BCUT2D eigenvalue weighted by Crippen LogP contribution is -2.58. The molecule has 14 heteroatoms. The van der Waals surface area contributed by atoms with Crippen molar-refractivity contribution >= 4 is 29.7 Å². The van der Waals surface area contributed by atoms with Crippen molar-refractivity contribution in [3.05, 3.63) is 29.8 Å². The molecule has 0 saturated heterocycles. The van der Waals surface area contributed by atoms with E-state index in [-0.39, 0.29) is 25.0 Å². The molecule has 1 aromatic rings. The van der Waals surface area contributed by atoms with E-state index < -0.39 is 66.4 Å². The van der Waals surface area contributed by atoms with Gasteiger partial charge in [0.05, 0.1) is 12.1 Å². The Labute approximate surface area is 219 Å². The number of phenols is 1. The Bertz CT molecular complexity index is 955. The molecule has 38 heavy (non-hydrogen) atoms. The first-order valence-corrected chi connectivity index (χ1v) is 12.1. The third-order valence-corrected chi connectivity index (χ3v) is 5.63. The molecule has 0 radical (unpaired) electrons. The van der Waals surface area contributed by atoms with Gasteiger partial charge in [-0.05, 0) is 63.3 Å². The Hall–Kier alpha value is -3.75. The minimum atomic E-state index is -1.63. The molecule has 5 atom stereocenters. The molecule has 0 heterocycles. The normalized spacial score (nSPS) is 14.8. The number of nitrogens with two attached hydrogens (primary N) is 2. The van der Waals surface area contributed by atoms with Crippen LogP contribution in [0.15, 0.2) is 24.3 Å². The number of nitrogens with one attached hydrogen (secondary N) is 3. The minimum absolute atomic E-state index is 0.0327. The van der Waals surface area contributed by atoms with Crippen LogP contribution < -0.4 is 27.4 Å². The number of hydrogen-bond donors (Lipinski definition) is 9. The van der Waals surface area contributed by atoms with E-state index in [0.29, 0.717) is 24.9 Å². The molecule has 0 fully saturated rings. The van der Waals surface area contributed by atoms with E-state index in [1.54, 1.807) is 12.1 Å². The summed E-state index contributed by atoms with van der Waals surface area (Å²) in [4.78, 5) is 61.0. The molecule has 1 rings (SSSR count). The molecule has 0 aromatic heterocycles. The summed E-state index contributed by atoms with van der Waals surface area (Å²) in [6.07, 6.45) is -1.16. The molecule has 11 N–H and O–H groups in total. The Kier molecular flexibility index (Phi) is 13.7. The second kappa shape index (κ2) is 16.2. The summed E-state index contributed by atoms with van der Waals surface area (Å²) in [6.45, 7) is 1.49. The Morgan fingerprint density at radius 3 is 1.95 bits per heavy atom. The second-order valence-electron chi connectivity index (χ2n) is 8.88. The first kappa shape index (κ1) is 32.3. The third-order valence-electron chi connectivity index (χ3n) is 5.63. The van der Waals surface area contributed by atoms with Crippen LogP contribution in [0.1, 0.15) is 44.6 Å². The molecular weight excluding hydrogens is 502 g/mol. The summed E-state index contributed by atoms with van der Waals surface area (Å²) in [7, 11) is 0. The lowest BCUT2D eigenvalue weighted by Gasteiger charge is -2.25. The fraction of sp³-hybridized carbons (Fsp3) is 0.542.